The van der Waals surface area contributed by atoms with E-state index in [0.29, 0.717) is 23.8 Å². The van der Waals surface area contributed by atoms with Crippen molar-refractivity contribution in [3.05, 3.63) is 16.9 Å². The number of Topliss-reactive ketones (excluding diaryl/α,β-unsaturated/α-hetero) is 1. The van der Waals surface area contributed by atoms with E-state index >= 15 is 0 Å². The zero-order valence-corrected chi connectivity index (χ0v) is 12.9. The Hall–Kier alpha value is -0.920. The average molecular weight is 320 g/mol. The maximum atomic E-state index is 12.3. The third-order valence-electron chi connectivity index (χ3n) is 3.23. The van der Waals surface area contributed by atoms with Crippen LogP contribution in [0.2, 0.25) is 5.02 Å². The van der Waals surface area contributed by atoms with E-state index in [1.807, 2.05) is 6.92 Å². The van der Waals surface area contributed by atoms with E-state index in [4.69, 9.17) is 11.6 Å². The number of aryl methyl sites for hydroxylation is 1. The van der Waals surface area contributed by atoms with Crippen LogP contribution in [0.5, 0.6) is 0 Å². The van der Waals surface area contributed by atoms with Gasteiger partial charge in [0.15, 0.2) is 15.6 Å². The number of halogens is 1. The molecule has 2 rings (SSSR count). The van der Waals surface area contributed by atoms with Crippen molar-refractivity contribution in [2.45, 2.75) is 32.4 Å². The number of hydrogen-bond acceptors (Lipinski definition) is 5. The second-order valence-electron chi connectivity index (χ2n) is 4.96. The number of carbonyl (C=O) groups excluding carboxylic acids is 1. The first-order valence-electron chi connectivity index (χ1n) is 6.61. The van der Waals surface area contributed by atoms with Crippen LogP contribution in [0.25, 0.3) is 0 Å². The van der Waals surface area contributed by atoms with Gasteiger partial charge >= 0.3 is 0 Å². The average Bonchev–Trinajstić information content (AvgIpc) is 2.69. The van der Waals surface area contributed by atoms with Crippen molar-refractivity contribution in [3.63, 3.8) is 0 Å². The Balaban J connectivity index is 2.10. The van der Waals surface area contributed by atoms with E-state index < -0.39 is 9.84 Å². The Morgan fingerprint density at radius 3 is 3.00 bits per heavy atom. The molecule has 0 aliphatic carbocycles. The first-order valence-corrected chi connectivity index (χ1v) is 8.81. The predicted octanol–water partition coefficient (Wildman–Crippen LogP) is 0.906. The molecule has 1 aliphatic rings. The maximum Gasteiger partial charge on any atom is 0.183 e. The molecule has 0 amide bonds. The molecule has 1 atom stereocenters. The molecule has 1 N–H and O–H groups in total. The van der Waals surface area contributed by atoms with Crippen LogP contribution in [0.15, 0.2) is 6.20 Å². The highest BCUT2D eigenvalue weighted by Gasteiger charge is 2.28. The number of rotatable bonds is 5. The molecule has 1 fully saturated rings. The number of aromatic nitrogens is 2. The van der Waals surface area contributed by atoms with Crippen LogP contribution < -0.4 is 5.32 Å². The highest BCUT2D eigenvalue weighted by Crippen LogP contribution is 2.19. The molecule has 0 saturated carbocycles. The van der Waals surface area contributed by atoms with Crippen LogP contribution in [-0.4, -0.2) is 48.1 Å². The molecular formula is C12H18ClN3O3S. The summed E-state index contributed by atoms with van der Waals surface area (Å²) >= 11 is 6.01. The lowest BCUT2D eigenvalue weighted by Gasteiger charge is -2.23. The molecule has 0 radical (unpaired) electrons. The summed E-state index contributed by atoms with van der Waals surface area (Å²) in [6.07, 6.45) is 2.41. The van der Waals surface area contributed by atoms with Crippen molar-refractivity contribution in [2.24, 2.45) is 0 Å². The van der Waals surface area contributed by atoms with Gasteiger partial charge in [-0.1, -0.05) is 18.5 Å². The molecule has 0 spiro atoms. The van der Waals surface area contributed by atoms with Gasteiger partial charge in [-0.25, -0.2) is 8.42 Å². The predicted molar refractivity (Wildman–Crippen MR) is 76.9 cm³/mol. The Bertz CT molecular complexity index is 597. The van der Waals surface area contributed by atoms with Crippen molar-refractivity contribution in [2.75, 3.05) is 18.1 Å². The van der Waals surface area contributed by atoms with Crippen molar-refractivity contribution in [1.29, 1.82) is 0 Å². The molecule has 8 heteroatoms. The van der Waals surface area contributed by atoms with E-state index in [0.717, 1.165) is 6.42 Å². The van der Waals surface area contributed by atoms with Crippen LogP contribution in [0, 0.1) is 0 Å². The standard InChI is InChI=1S/C12H18ClN3O3S/c1-2-4-16-12(10(13)7-15-16)11(17)6-9-8-20(18,19)5-3-14-9/h7,9,14H,2-6,8H2,1H3. The fourth-order valence-corrected chi connectivity index (χ4v) is 4.03. The lowest BCUT2D eigenvalue weighted by molar-refractivity contribution is 0.0961. The van der Waals surface area contributed by atoms with Gasteiger partial charge in [0, 0.05) is 25.6 Å². The van der Waals surface area contributed by atoms with Crippen molar-refractivity contribution in [1.82, 2.24) is 15.1 Å². The van der Waals surface area contributed by atoms with E-state index in [1.165, 1.54) is 6.20 Å². The van der Waals surface area contributed by atoms with Gasteiger partial charge < -0.3 is 5.32 Å². The second kappa shape index (κ2) is 6.24. The quantitative estimate of drug-likeness (QED) is 0.816. The Kier molecular flexibility index (Phi) is 4.82. The Morgan fingerprint density at radius 2 is 2.35 bits per heavy atom. The molecule has 2 heterocycles. The highest BCUT2D eigenvalue weighted by molar-refractivity contribution is 7.91. The third kappa shape index (κ3) is 3.59. The number of nitrogens with zero attached hydrogens (tertiary/aromatic N) is 2. The maximum absolute atomic E-state index is 12.3. The van der Waals surface area contributed by atoms with Gasteiger partial charge in [-0.15, -0.1) is 0 Å². The SMILES string of the molecule is CCCn1ncc(Cl)c1C(=O)CC1CS(=O)(=O)CCN1. The minimum atomic E-state index is -3.05. The number of carbonyl (C=O) groups is 1. The summed E-state index contributed by atoms with van der Waals surface area (Å²) in [6, 6.07) is -0.345. The summed E-state index contributed by atoms with van der Waals surface area (Å²) in [6.45, 7) is 2.99. The first-order chi connectivity index (χ1) is 9.43. The molecule has 1 aliphatic heterocycles. The molecule has 1 saturated heterocycles. The van der Waals surface area contributed by atoms with Gasteiger partial charge in [0.05, 0.1) is 22.7 Å². The molecule has 112 valence electrons. The van der Waals surface area contributed by atoms with Crippen LogP contribution in [0.1, 0.15) is 30.3 Å². The number of nitrogens with one attached hydrogen (secondary N) is 1. The molecule has 0 bridgehead atoms. The van der Waals surface area contributed by atoms with Gasteiger partial charge in [-0.3, -0.25) is 9.48 Å². The molecule has 1 aromatic rings. The molecule has 1 unspecified atom stereocenters. The van der Waals surface area contributed by atoms with E-state index in [9.17, 15) is 13.2 Å². The van der Waals surface area contributed by atoms with Crippen LogP contribution in [0.3, 0.4) is 0 Å². The summed E-state index contributed by atoms with van der Waals surface area (Å²) in [5, 5.41) is 7.46. The summed E-state index contributed by atoms with van der Waals surface area (Å²) < 4.78 is 24.7. The smallest absolute Gasteiger partial charge is 0.183 e. The zero-order chi connectivity index (χ0) is 14.8. The Morgan fingerprint density at radius 1 is 1.60 bits per heavy atom. The molecule has 6 nitrogen and oxygen atoms in total. The lowest BCUT2D eigenvalue weighted by atomic mass is 10.1. The van der Waals surface area contributed by atoms with Crippen molar-refractivity contribution >= 4 is 27.2 Å². The van der Waals surface area contributed by atoms with E-state index in [1.54, 1.807) is 4.68 Å². The van der Waals surface area contributed by atoms with E-state index in [-0.39, 0.29) is 29.8 Å². The first kappa shape index (κ1) is 15.5. The summed E-state index contributed by atoms with van der Waals surface area (Å²) in [5.74, 6) is -0.0413. The lowest BCUT2D eigenvalue weighted by Crippen LogP contribution is -2.46. The minimum Gasteiger partial charge on any atom is -0.312 e. The fraction of sp³-hybridized carbons (Fsp3) is 0.667. The normalized spacial score (nSPS) is 21.8. The third-order valence-corrected chi connectivity index (χ3v) is 5.24. The van der Waals surface area contributed by atoms with Gasteiger partial charge in [0.25, 0.3) is 0 Å². The summed E-state index contributed by atoms with van der Waals surface area (Å²) in [7, 11) is -3.05. The van der Waals surface area contributed by atoms with Gasteiger partial charge in [0.1, 0.15) is 5.69 Å². The second-order valence-corrected chi connectivity index (χ2v) is 7.59. The van der Waals surface area contributed by atoms with Crippen LogP contribution in [-0.2, 0) is 16.4 Å². The van der Waals surface area contributed by atoms with E-state index in [2.05, 4.69) is 10.4 Å². The number of ketones is 1. The molecule has 20 heavy (non-hydrogen) atoms. The molecule has 1 aromatic heterocycles. The highest BCUT2D eigenvalue weighted by atomic mass is 35.5. The number of sulfone groups is 1. The number of hydrogen-bond donors (Lipinski definition) is 1. The van der Waals surface area contributed by atoms with Crippen molar-refractivity contribution < 1.29 is 13.2 Å². The van der Waals surface area contributed by atoms with Crippen molar-refractivity contribution in [3.8, 4) is 0 Å². The zero-order valence-electron chi connectivity index (χ0n) is 11.3. The largest absolute Gasteiger partial charge is 0.312 e. The molecular weight excluding hydrogens is 302 g/mol. The van der Waals surface area contributed by atoms with Gasteiger partial charge in [-0.2, -0.15) is 5.10 Å². The minimum absolute atomic E-state index is 0.00171. The molecule has 0 aromatic carbocycles. The fourth-order valence-electron chi connectivity index (χ4n) is 2.34. The topological polar surface area (TPSA) is 81.1 Å². The van der Waals surface area contributed by atoms with Crippen LogP contribution >= 0.6 is 11.6 Å². The summed E-state index contributed by atoms with van der Waals surface area (Å²) in [5.41, 5.74) is 0.373. The monoisotopic (exact) mass is 319 g/mol. The summed E-state index contributed by atoms with van der Waals surface area (Å²) in [4.78, 5) is 12.3. The van der Waals surface area contributed by atoms with Gasteiger partial charge in [0.2, 0.25) is 0 Å². The van der Waals surface area contributed by atoms with Crippen LogP contribution in [0.4, 0.5) is 0 Å². The Labute approximate surface area is 123 Å². The van der Waals surface area contributed by atoms with Gasteiger partial charge in [-0.05, 0) is 6.42 Å².